The van der Waals surface area contributed by atoms with E-state index in [0.717, 1.165) is 75.0 Å². The molecule has 0 radical (unpaired) electrons. The molecule has 12 bridgehead atoms. The van der Waals surface area contributed by atoms with E-state index in [2.05, 4.69) is 27.7 Å². The smallest absolute Gasteiger partial charge is 0.347 e. The zero-order valence-electron chi connectivity index (χ0n) is 56.5. The third-order valence-electron chi connectivity index (χ3n) is 24.1. The highest BCUT2D eigenvalue weighted by molar-refractivity contribution is 5.83. The summed E-state index contributed by atoms with van der Waals surface area (Å²) in [6, 6.07) is 0. The van der Waals surface area contributed by atoms with Crippen LogP contribution in [0.4, 0.5) is 0 Å². The Labute approximate surface area is 591 Å². The Kier molecular flexibility index (Phi) is 38.8. The normalized spacial score (nSPS) is 32.9. The number of carbonyl (C=O) groups is 7. The average Bonchev–Trinajstić information content (AvgIpc) is 1.01. The standard InChI is InChI=1S/C18H30O2.C17H28O2.C16H26O3.2C10H16O4.10CH4/c1-5-17(3,4)16(19)20-18(6-2)14-8-12-7-13(10-14)11-15(18)9-12;1-5-16(2,3)15(18)19-17(4)13-7-11-6-12(9-13)10-14(17)8-11;1-4-14(2,3)13(17)19-16-8-11-5-12(9-16)7-15(18,6-11)10-16;1-4-10(2,3)9(12)14-7-5-8(11)13-6-7;1-4-10(2,3)9(12)14-7-5-6-13-8(7)11;;;;;;;;;;/h12-15H,5-11H2,1-4H3;11-14H,5-10H2,1-4H3;11-12,18H,4-10H2,1-3H3;2*7H,4-6H2,1-3H3;10*1H4. The van der Waals surface area contributed by atoms with Crippen molar-refractivity contribution >= 4 is 41.8 Å². The van der Waals surface area contributed by atoms with Gasteiger partial charge >= 0.3 is 41.8 Å². The van der Waals surface area contributed by atoms with Crippen LogP contribution in [0.25, 0.3) is 0 Å². The second-order valence-electron chi connectivity index (χ2n) is 32.6. The lowest BCUT2D eigenvalue weighted by Crippen LogP contribution is -2.61. The number of rotatable bonds is 16. The van der Waals surface area contributed by atoms with Crippen LogP contribution in [-0.4, -0.2) is 94.7 Å². The van der Waals surface area contributed by atoms with Gasteiger partial charge in [-0.2, -0.15) is 0 Å². The Balaban J connectivity index is -0.000000541. The molecule has 0 aromatic carbocycles. The molecular formula is C81H156O15. The van der Waals surface area contributed by atoms with Gasteiger partial charge in [0.05, 0.1) is 45.7 Å². The maximum absolute atomic E-state index is 12.6. The number of cyclic esters (lactones) is 2. The predicted octanol–water partition coefficient (Wildman–Crippen LogP) is 20.7. The van der Waals surface area contributed by atoms with Crippen molar-refractivity contribution in [3.63, 3.8) is 0 Å². The molecule has 2 aliphatic heterocycles. The van der Waals surface area contributed by atoms with E-state index in [4.69, 9.17) is 33.2 Å². The van der Waals surface area contributed by atoms with E-state index in [1.807, 2.05) is 76.2 Å². The molecule has 15 nitrogen and oxygen atoms in total. The molecule has 14 fully saturated rings. The van der Waals surface area contributed by atoms with E-state index < -0.39 is 33.9 Å². The van der Waals surface area contributed by atoms with Gasteiger partial charge in [0, 0.05) is 12.8 Å². The summed E-state index contributed by atoms with van der Waals surface area (Å²) in [6.07, 6.45) is 23.4. The summed E-state index contributed by atoms with van der Waals surface area (Å²) in [6.45, 7) is 34.2. The zero-order valence-corrected chi connectivity index (χ0v) is 56.5. The maximum atomic E-state index is 12.6. The van der Waals surface area contributed by atoms with Crippen LogP contribution in [0.5, 0.6) is 0 Å². The van der Waals surface area contributed by atoms with Crippen molar-refractivity contribution in [2.75, 3.05) is 13.2 Å². The average molecular weight is 1370 g/mol. The molecule has 1 N–H and O–H groups in total. The summed E-state index contributed by atoms with van der Waals surface area (Å²) < 4.78 is 38.0. The molecule has 4 unspecified atom stereocenters. The van der Waals surface area contributed by atoms with Gasteiger partial charge in [0.1, 0.15) is 29.5 Å². The third-order valence-corrected chi connectivity index (χ3v) is 24.1. The summed E-state index contributed by atoms with van der Waals surface area (Å²) >= 11 is 0. The van der Waals surface area contributed by atoms with Crippen LogP contribution < -0.4 is 0 Å². The summed E-state index contributed by atoms with van der Waals surface area (Å²) in [4.78, 5) is 82.4. The van der Waals surface area contributed by atoms with Crippen molar-refractivity contribution in [3.8, 4) is 0 Å². The molecule has 96 heavy (non-hydrogen) atoms. The number of ether oxygens (including phenoxy) is 7. The predicted molar refractivity (Wildman–Crippen MR) is 395 cm³/mol. The molecule has 14 aliphatic rings. The van der Waals surface area contributed by atoms with Crippen molar-refractivity contribution in [1.82, 2.24) is 0 Å². The van der Waals surface area contributed by atoms with Gasteiger partial charge < -0.3 is 38.3 Å². The molecule has 2 heterocycles. The van der Waals surface area contributed by atoms with Gasteiger partial charge in [-0.05, 0) is 270 Å². The van der Waals surface area contributed by atoms with E-state index in [-0.39, 0.29) is 157 Å². The molecule has 0 spiro atoms. The summed E-state index contributed by atoms with van der Waals surface area (Å²) in [5.41, 5.74) is -3.30. The first-order chi connectivity index (χ1) is 39.9. The van der Waals surface area contributed by atoms with E-state index in [1.54, 1.807) is 13.8 Å². The van der Waals surface area contributed by atoms with Crippen molar-refractivity contribution in [2.45, 2.75) is 381 Å². The van der Waals surface area contributed by atoms with Gasteiger partial charge in [0.15, 0.2) is 0 Å². The Morgan fingerprint density at radius 1 is 0.448 bits per heavy atom. The van der Waals surface area contributed by atoms with E-state index >= 15 is 0 Å². The van der Waals surface area contributed by atoms with E-state index in [9.17, 15) is 38.7 Å². The summed E-state index contributed by atoms with van der Waals surface area (Å²) in [7, 11) is 0. The lowest BCUT2D eigenvalue weighted by molar-refractivity contribution is -0.225. The molecule has 2 saturated heterocycles. The molecule has 0 aromatic rings. The van der Waals surface area contributed by atoms with Crippen LogP contribution in [0.2, 0.25) is 0 Å². The second-order valence-corrected chi connectivity index (χ2v) is 32.6. The van der Waals surface area contributed by atoms with Gasteiger partial charge in [0.25, 0.3) is 0 Å². The van der Waals surface area contributed by atoms with Crippen molar-refractivity contribution in [3.05, 3.63) is 0 Å². The molecular weight excluding hydrogens is 1210 g/mol. The molecule has 15 heteroatoms. The highest BCUT2D eigenvalue weighted by atomic mass is 16.6. The van der Waals surface area contributed by atoms with Gasteiger partial charge in [-0.25, -0.2) is 4.79 Å². The number of hydrogen-bond acceptors (Lipinski definition) is 15. The maximum Gasteiger partial charge on any atom is 0.347 e. The Morgan fingerprint density at radius 3 is 1.12 bits per heavy atom. The number of hydrogen-bond donors (Lipinski definition) is 1. The monoisotopic (exact) mass is 1370 g/mol. The Hall–Kier alpha value is -3.75. The second kappa shape index (κ2) is 37.8. The van der Waals surface area contributed by atoms with Crippen LogP contribution in [0.15, 0.2) is 0 Å². The minimum atomic E-state index is -0.687. The fraction of sp³-hybridized carbons (Fsp3) is 0.914. The number of carbonyl (C=O) groups excluding carboxylic acids is 7. The van der Waals surface area contributed by atoms with Gasteiger partial charge in [-0.3, -0.25) is 28.8 Å². The SMILES string of the molecule is C.C.C.C.C.C.C.C.C.C.CCC(C)(C)C(=O)OC1(C)C2CC3CC(C2)CC1C3.CCC(C)(C)C(=O)OC1(CC)C2CC3CC(C2)CC1C3.CCC(C)(C)C(=O)OC12CC3CC(CC(O)(C3)C1)C2.CCC(C)(C)C(=O)OC1CCOC1=O.CCC(C)(C)C(=O)OC1COC(=O)C1. The van der Waals surface area contributed by atoms with E-state index in [0.29, 0.717) is 67.8 Å². The van der Waals surface area contributed by atoms with Crippen LogP contribution in [0.1, 0.15) is 346 Å². The largest absolute Gasteiger partial charge is 0.463 e. The first-order valence-electron chi connectivity index (χ1n) is 34.1. The Bertz CT molecular complexity index is 2360. The minimum absolute atomic E-state index is 0. The lowest BCUT2D eigenvalue weighted by atomic mass is 9.49. The first-order valence-corrected chi connectivity index (χ1v) is 34.1. The highest BCUT2D eigenvalue weighted by Crippen LogP contribution is 2.63. The van der Waals surface area contributed by atoms with Crippen molar-refractivity contribution in [1.29, 1.82) is 0 Å². The van der Waals surface area contributed by atoms with Crippen molar-refractivity contribution < 1.29 is 71.8 Å². The molecule has 12 aliphatic carbocycles. The minimum Gasteiger partial charge on any atom is -0.463 e. The van der Waals surface area contributed by atoms with Gasteiger partial charge in [0.2, 0.25) is 6.10 Å². The quantitative estimate of drug-likeness (QED) is 0.113. The van der Waals surface area contributed by atoms with Crippen LogP contribution in [0, 0.1) is 86.3 Å². The molecule has 0 amide bonds. The summed E-state index contributed by atoms with van der Waals surface area (Å²) in [5.74, 6) is 6.01. The molecule has 4 atom stereocenters. The number of esters is 7. The highest BCUT2D eigenvalue weighted by Gasteiger charge is 2.62. The molecule has 12 saturated carbocycles. The Morgan fingerprint density at radius 2 is 0.792 bits per heavy atom. The zero-order chi connectivity index (χ0) is 63.8. The molecule has 0 aromatic heterocycles. The topological polar surface area (TPSA) is 204 Å². The first kappa shape index (κ1) is 98.6. The fourth-order valence-corrected chi connectivity index (χ4v) is 16.8. The summed E-state index contributed by atoms with van der Waals surface area (Å²) in [5, 5.41) is 10.6. The molecule has 570 valence electrons. The fourth-order valence-electron chi connectivity index (χ4n) is 16.8. The van der Waals surface area contributed by atoms with Crippen molar-refractivity contribution in [2.24, 2.45) is 86.3 Å². The number of aliphatic hydroxyl groups is 1. The van der Waals surface area contributed by atoms with Gasteiger partial charge in [-0.15, -0.1) is 0 Å². The molecule has 14 rings (SSSR count). The third kappa shape index (κ3) is 22.1. The van der Waals surface area contributed by atoms with Gasteiger partial charge in [-0.1, -0.05) is 116 Å². The van der Waals surface area contributed by atoms with Crippen LogP contribution >= 0.6 is 0 Å². The van der Waals surface area contributed by atoms with Crippen LogP contribution in [-0.2, 0) is 66.7 Å². The van der Waals surface area contributed by atoms with Crippen LogP contribution in [0.3, 0.4) is 0 Å². The lowest BCUT2D eigenvalue weighted by Gasteiger charge is -2.60. The van der Waals surface area contributed by atoms with E-state index in [1.165, 1.54) is 70.6 Å².